The second-order valence-electron chi connectivity index (χ2n) is 10.1. The molecule has 4 rings (SSSR count). The van der Waals surface area contributed by atoms with Gasteiger partial charge in [-0.25, -0.2) is 5.43 Å². The molecular formula is C29H39ClN4O2. The molecule has 0 aromatic heterocycles. The average Bonchev–Trinajstić information content (AvgIpc) is 3.31. The monoisotopic (exact) mass is 510 g/mol. The van der Waals surface area contributed by atoms with Gasteiger partial charge in [0.05, 0.1) is 18.7 Å². The number of hydrogen-bond donors (Lipinski definition) is 1. The first-order valence-electron chi connectivity index (χ1n) is 13.1. The van der Waals surface area contributed by atoms with Gasteiger partial charge in [0.25, 0.3) is 5.91 Å². The van der Waals surface area contributed by atoms with Crippen LogP contribution in [0.4, 0.5) is 0 Å². The number of hydrogen-bond acceptors (Lipinski definition) is 5. The number of nitrogens with zero attached hydrogens (tertiary/aromatic N) is 3. The van der Waals surface area contributed by atoms with Gasteiger partial charge in [0.2, 0.25) is 0 Å². The largest absolute Gasteiger partial charge is 0.494 e. The molecule has 2 aromatic carbocycles. The second kappa shape index (κ2) is 12.6. The van der Waals surface area contributed by atoms with Crippen LogP contribution in [0.2, 0.25) is 5.02 Å². The van der Waals surface area contributed by atoms with Crippen LogP contribution in [0.3, 0.4) is 0 Å². The quantitative estimate of drug-likeness (QED) is 0.387. The number of carbonyl (C=O) groups excluding carboxylic acids is 1. The lowest BCUT2D eigenvalue weighted by Crippen LogP contribution is -2.56. The van der Waals surface area contributed by atoms with Crippen molar-refractivity contribution < 1.29 is 9.53 Å². The van der Waals surface area contributed by atoms with Crippen molar-refractivity contribution >= 4 is 17.5 Å². The van der Waals surface area contributed by atoms with Gasteiger partial charge < -0.3 is 14.5 Å². The van der Waals surface area contributed by atoms with Crippen molar-refractivity contribution in [2.24, 2.45) is 0 Å². The van der Waals surface area contributed by atoms with E-state index < -0.39 is 0 Å². The van der Waals surface area contributed by atoms with Gasteiger partial charge in [-0.15, -0.1) is 0 Å². The van der Waals surface area contributed by atoms with Crippen LogP contribution in [0.25, 0.3) is 0 Å². The number of nitrogens with one attached hydrogen (secondary N) is 1. The Labute approximate surface area is 220 Å². The summed E-state index contributed by atoms with van der Waals surface area (Å²) in [5.41, 5.74) is 6.54. The van der Waals surface area contributed by atoms with Crippen molar-refractivity contribution in [1.82, 2.24) is 20.2 Å². The molecule has 1 amide bonds. The number of fused-ring (bicyclic) bond motifs is 1. The van der Waals surface area contributed by atoms with E-state index >= 15 is 0 Å². The summed E-state index contributed by atoms with van der Waals surface area (Å²) in [6, 6.07) is 16.2. The van der Waals surface area contributed by atoms with Crippen LogP contribution in [0.5, 0.6) is 5.75 Å². The number of carbonyl (C=O) groups is 1. The lowest BCUT2D eigenvalue weighted by Gasteiger charge is -2.41. The first-order chi connectivity index (χ1) is 17.4. The summed E-state index contributed by atoms with van der Waals surface area (Å²) >= 11 is 6.09. The number of hydrazine groups is 1. The Hall–Kier alpha value is -2.54. The highest BCUT2D eigenvalue weighted by molar-refractivity contribution is 6.30. The van der Waals surface area contributed by atoms with E-state index in [1.165, 1.54) is 12.8 Å². The maximum atomic E-state index is 13.6. The third-order valence-electron chi connectivity index (χ3n) is 6.83. The fraction of sp³-hybridized carbons (Fsp3) is 0.483. The number of halogens is 1. The van der Waals surface area contributed by atoms with E-state index in [2.05, 4.69) is 54.6 Å². The van der Waals surface area contributed by atoms with Gasteiger partial charge in [0.15, 0.2) is 0 Å². The Morgan fingerprint density at radius 2 is 1.92 bits per heavy atom. The number of ether oxygens (including phenoxy) is 1. The molecule has 2 atom stereocenters. The molecule has 36 heavy (non-hydrogen) atoms. The summed E-state index contributed by atoms with van der Waals surface area (Å²) in [7, 11) is 4.14. The molecule has 0 aliphatic carbocycles. The molecule has 7 heteroatoms. The minimum absolute atomic E-state index is 0.0336. The number of benzene rings is 2. The molecule has 2 aromatic rings. The van der Waals surface area contributed by atoms with Gasteiger partial charge in [-0.1, -0.05) is 62.1 Å². The Morgan fingerprint density at radius 3 is 2.67 bits per heavy atom. The molecule has 6 nitrogen and oxygen atoms in total. The molecule has 0 spiro atoms. The fourth-order valence-electron chi connectivity index (χ4n) is 4.90. The molecule has 1 fully saturated rings. The molecule has 0 saturated carbocycles. The van der Waals surface area contributed by atoms with Crippen LogP contribution in [0.1, 0.15) is 56.2 Å². The molecule has 2 unspecified atom stereocenters. The summed E-state index contributed by atoms with van der Waals surface area (Å²) < 4.78 is 5.97. The highest BCUT2D eigenvalue weighted by atomic mass is 35.5. The zero-order chi connectivity index (χ0) is 25.5. The summed E-state index contributed by atoms with van der Waals surface area (Å²) in [6.07, 6.45) is 7.62. The Kier molecular flexibility index (Phi) is 9.30. The number of amides is 1. The standard InChI is InChI=1S/C29H39ClN4O2/c1-4-5-6-10-25-21-33(20-22-9-7-11-26(18-22)36-17-8-16-32(2)3)29(35)28-19-27(31-34(25)28)23-12-14-24(30)15-13-23/h7,9,11-15,18-19,25,27,31H,4-6,8,10,16-17,20-21H2,1-3H3. The predicted molar refractivity (Wildman–Crippen MR) is 146 cm³/mol. The third-order valence-corrected chi connectivity index (χ3v) is 7.08. The van der Waals surface area contributed by atoms with Crippen LogP contribution in [-0.4, -0.2) is 60.5 Å². The van der Waals surface area contributed by atoms with E-state index in [4.69, 9.17) is 16.3 Å². The van der Waals surface area contributed by atoms with E-state index in [-0.39, 0.29) is 18.0 Å². The topological polar surface area (TPSA) is 48.1 Å². The molecular weight excluding hydrogens is 472 g/mol. The lowest BCUT2D eigenvalue weighted by atomic mass is 10.0. The highest BCUT2D eigenvalue weighted by Crippen LogP contribution is 2.33. The van der Waals surface area contributed by atoms with Crippen LogP contribution in [0.15, 0.2) is 60.3 Å². The lowest BCUT2D eigenvalue weighted by molar-refractivity contribution is -0.135. The third kappa shape index (κ3) is 6.81. The maximum Gasteiger partial charge on any atom is 0.271 e. The van der Waals surface area contributed by atoms with Gasteiger partial charge in [-0.05, 0) is 68.4 Å². The smallest absolute Gasteiger partial charge is 0.271 e. The molecule has 2 aliphatic rings. The van der Waals surface area contributed by atoms with Crippen LogP contribution < -0.4 is 10.2 Å². The number of rotatable bonds is 12. The summed E-state index contributed by atoms with van der Waals surface area (Å²) in [5, 5.41) is 2.84. The molecule has 0 radical (unpaired) electrons. The molecule has 1 N–H and O–H groups in total. The van der Waals surface area contributed by atoms with Crippen molar-refractivity contribution in [3.63, 3.8) is 0 Å². The Bertz CT molecular complexity index is 1040. The molecule has 194 valence electrons. The first kappa shape index (κ1) is 26.5. The molecule has 2 aliphatic heterocycles. The van der Waals surface area contributed by atoms with Crippen molar-refractivity contribution in [3.05, 3.63) is 76.5 Å². The maximum absolute atomic E-state index is 13.6. The number of piperazine rings is 1. The van der Waals surface area contributed by atoms with Gasteiger partial charge in [0.1, 0.15) is 11.4 Å². The van der Waals surface area contributed by atoms with Crippen LogP contribution in [0, 0.1) is 0 Å². The van der Waals surface area contributed by atoms with E-state index in [1.807, 2.05) is 41.3 Å². The van der Waals surface area contributed by atoms with Gasteiger partial charge >= 0.3 is 0 Å². The van der Waals surface area contributed by atoms with Gasteiger partial charge in [-0.3, -0.25) is 9.80 Å². The summed E-state index contributed by atoms with van der Waals surface area (Å²) in [6.45, 7) is 5.19. The Morgan fingerprint density at radius 1 is 1.11 bits per heavy atom. The van der Waals surface area contributed by atoms with Crippen molar-refractivity contribution in [2.75, 3.05) is 33.8 Å². The van der Waals surface area contributed by atoms with Crippen molar-refractivity contribution in [1.29, 1.82) is 0 Å². The highest BCUT2D eigenvalue weighted by Gasteiger charge is 2.40. The predicted octanol–water partition coefficient (Wildman–Crippen LogP) is 5.41. The Balaban J connectivity index is 1.47. The SMILES string of the molecule is CCCCCC1CN(Cc2cccc(OCCCN(C)C)c2)C(=O)C2=CC(c3ccc(Cl)cc3)NN21. The molecule has 2 heterocycles. The minimum Gasteiger partial charge on any atom is -0.494 e. The van der Waals surface area contributed by atoms with Crippen LogP contribution >= 0.6 is 11.6 Å². The van der Waals surface area contributed by atoms with Gasteiger partial charge in [-0.2, -0.15) is 0 Å². The van der Waals surface area contributed by atoms with E-state index in [0.29, 0.717) is 24.7 Å². The minimum atomic E-state index is -0.0336. The van der Waals surface area contributed by atoms with Crippen molar-refractivity contribution in [3.8, 4) is 5.75 Å². The van der Waals surface area contributed by atoms with Crippen molar-refractivity contribution in [2.45, 2.75) is 57.7 Å². The number of unbranched alkanes of at least 4 members (excludes halogenated alkanes) is 2. The first-order valence-corrected chi connectivity index (χ1v) is 13.5. The second-order valence-corrected chi connectivity index (χ2v) is 10.5. The zero-order valence-corrected chi connectivity index (χ0v) is 22.5. The fourth-order valence-corrected chi connectivity index (χ4v) is 5.03. The molecule has 1 saturated heterocycles. The molecule has 0 bridgehead atoms. The normalized spacial score (nSPS) is 19.6. The van der Waals surface area contributed by atoms with E-state index in [0.717, 1.165) is 48.4 Å². The van der Waals surface area contributed by atoms with E-state index in [1.54, 1.807) is 0 Å². The van der Waals surface area contributed by atoms with Gasteiger partial charge in [0, 0.05) is 24.7 Å². The van der Waals surface area contributed by atoms with E-state index in [9.17, 15) is 4.79 Å². The summed E-state index contributed by atoms with van der Waals surface area (Å²) in [5.74, 6) is 0.935. The van der Waals surface area contributed by atoms with Crippen LogP contribution in [-0.2, 0) is 11.3 Å². The average molecular weight is 511 g/mol. The summed E-state index contributed by atoms with van der Waals surface area (Å²) in [4.78, 5) is 17.8. The zero-order valence-electron chi connectivity index (χ0n) is 21.8.